The zero-order valence-electron chi connectivity index (χ0n) is 9.06. The average molecular weight is 224 g/mol. The largest absolute Gasteiger partial charge is 0.481 e. The number of hydrogen-bond acceptors (Lipinski definition) is 4. The maximum absolute atomic E-state index is 5.04. The molecule has 1 aliphatic heterocycles. The molecular weight excluding hydrogens is 208 g/mol. The Morgan fingerprint density at radius 1 is 1.53 bits per heavy atom. The molecule has 1 saturated heterocycles. The van der Waals surface area contributed by atoms with Crippen molar-refractivity contribution in [3.8, 4) is 5.88 Å². The number of pyridine rings is 1. The van der Waals surface area contributed by atoms with Crippen molar-refractivity contribution in [3.05, 3.63) is 23.9 Å². The van der Waals surface area contributed by atoms with Gasteiger partial charge in [-0.2, -0.15) is 0 Å². The lowest BCUT2D eigenvalue weighted by Gasteiger charge is -2.27. The van der Waals surface area contributed by atoms with Gasteiger partial charge in [0.15, 0.2) is 0 Å². The molecule has 1 aromatic rings. The third-order valence-electron chi connectivity index (χ3n) is 2.47. The van der Waals surface area contributed by atoms with Crippen molar-refractivity contribution in [2.75, 3.05) is 19.4 Å². The van der Waals surface area contributed by atoms with Crippen LogP contribution in [0, 0.1) is 5.92 Å². The highest BCUT2D eigenvalue weighted by Crippen LogP contribution is 2.31. The molecule has 0 saturated carbocycles. The number of nitrogens with zero attached hydrogens (tertiary/aromatic N) is 1. The molecule has 1 aliphatic rings. The molecule has 0 amide bonds. The lowest BCUT2D eigenvalue weighted by Crippen LogP contribution is -2.31. The first-order valence-electron chi connectivity index (χ1n) is 5.14. The van der Waals surface area contributed by atoms with Crippen LogP contribution in [0.1, 0.15) is 17.9 Å². The fraction of sp³-hybridized carbons (Fsp3) is 0.545. The highest BCUT2D eigenvalue weighted by atomic mass is 32.2. The molecule has 0 aromatic carbocycles. The molecule has 0 spiro atoms. The number of hydrogen-bond donors (Lipinski definition) is 1. The molecule has 2 heterocycles. The van der Waals surface area contributed by atoms with Gasteiger partial charge in [0, 0.05) is 12.3 Å². The van der Waals surface area contributed by atoms with Gasteiger partial charge in [-0.3, -0.25) is 0 Å². The van der Waals surface area contributed by atoms with Crippen molar-refractivity contribution in [2.45, 2.75) is 12.3 Å². The summed E-state index contributed by atoms with van der Waals surface area (Å²) in [6, 6.07) is 3.99. The minimum atomic E-state index is 0.389. The van der Waals surface area contributed by atoms with E-state index in [1.54, 1.807) is 7.11 Å². The van der Waals surface area contributed by atoms with Crippen molar-refractivity contribution in [1.29, 1.82) is 0 Å². The molecule has 4 heteroatoms. The second-order valence-corrected chi connectivity index (χ2v) is 5.00. The van der Waals surface area contributed by atoms with E-state index < -0.39 is 0 Å². The van der Waals surface area contributed by atoms with E-state index in [9.17, 15) is 0 Å². The van der Waals surface area contributed by atoms with Crippen LogP contribution in [0.5, 0.6) is 5.88 Å². The molecule has 0 bridgehead atoms. The Kier molecular flexibility index (Phi) is 3.49. The number of rotatable bonds is 2. The van der Waals surface area contributed by atoms with Gasteiger partial charge in [0.2, 0.25) is 5.88 Å². The van der Waals surface area contributed by atoms with E-state index in [2.05, 4.69) is 23.3 Å². The molecule has 2 atom stereocenters. The van der Waals surface area contributed by atoms with Crippen molar-refractivity contribution in [1.82, 2.24) is 10.3 Å². The molecule has 0 radical (unpaired) electrons. The summed E-state index contributed by atoms with van der Waals surface area (Å²) in [5, 5.41) is 3.89. The second-order valence-electron chi connectivity index (χ2n) is 3.86. The first kappa shape index (κ1) is 10.8. The normalized spacial score (nSPS) is 26.3. The monoisotopic (exact) mass is 224 g/mol. The fourth-order valence-electron chi connectivity index (χ4n) is 1.57. The molecular formula is C11H16N2OS. The van der Waals surface area contributed by atoms with Crippen LogP contribution in [0.15, 0.2) is 18.3 Å². The average Bonchev–Trinajstić information content (AvgIpc) is 2.30. The summed E-state index contributed by atoms with van der Waals surface area (Å²) >= 11 is 1.95. The maximum Gasteiger partial charge on any atom is 0.212 e. The van der Waals surface area contributed by atoms with Crippen LogP contribution in [0.2, 0.25) is 0 Å². The van der Waals surface area contributed by atoms with Gasteiger partial charge >= 0.3 is 0 Å². The van der Waals surface area contributed by atoms with E-state index in [4.69, 9.17) is 4.74 Å². The summed E-state index contributed by atoms with van der Waals surface area (Å²) in [4.78, 5) is 4.22. The quantitative estimate of drug-likeness (QED) is 0.834. The number of aromatic nitrogens is 1. The van der Waals surface area contributed by atoms with Crippen LogP contribution in [-0.4, -0.2) is 24.4 Å². The Labute approximate surface area is 94.6 Å². The van der Waals surface area contributed by atoms with Crippen LogP contribution >= 0.6 is 11.8 Å². The predicted octanol–water partition coefficient (Wildman–Crippen LogP) is 2.06. The van der Waals surface area contributed by atoms with Crippen molar-refractivity contribution < 1.29 is 4.74 Å². The van der Waals surface area contributed by atoms with Gasteiger partial charge in [0.25, 0.3) is 0 Å². The van der Waals surface area contributed by atoms with Crippen LogP contribution in [0.25, 0.3) is 0 Å². The van der Waals surface area contributed by atoms with Crippen molar-refractivity contribution in [3.63, 3.8) is 0 Å². The first-order valence-corrected chi connectivity index (χ1v) is 6.19. The standard InChI is InChI=1S/C11H16N2OS/c1-8-5-13-11(15-7-8)9-3-4-10(14-2)12-6-9/h3-4,6,8,11,13H,5,7H2,1-2H3. The third-order valence-corrected chi connectivity index (χ3v) is 4.00. The minimum Gasteiger partial charge on any atom is -0.481 e. The van der Waals surface area contributed by atoms with Gasteiger partial charge in [-0.05, 0) is 29.8 Å². The molecule has 15 heavy (non-hydrogen) atoms. The van der Waals surface area contributed by atoms with Crippen LogP contribution in [0.4, 0.5) is 0 Å². The maximum atomic E-state index is 5.04. The Morgan fingerprint density at radius 2 is 2.40 bits per heavy atom. The SMILES string of the molecule is COc1ccc(C2NCC(C)CS2)cn1. The number of methoxy groups -OCH3 is 1. The molecule has 3 nitrogen and oxygen atoms in total. The lowest BCUT2D eigenvalue weighted by atomic mass is 10.2. The van der Waals surface area contributed by atoms with Crippen LogP contribution < -0.4 is 10.1 Å². The summed E-state index contributed by atoms with van der Waals surface area (Å²) in [7, 11) is 1.64. The summed E-state index contributed by atoms with van der Waals surface area (Å²) in [5.41, 5.74) is 1.23. The molecule has 1 aromatic heterocycles. The Hall–Kier alpha value is -0.740. The van der Waals surface area contributed by atoms with Gasteiger partial charge in [0.1, 0.15) is 0 Å². The Bertz CT molecular complexity index is 307. The van der Waals surface area contributed by atoms with Gasteiger partial charge < -0.3 is 10.1 Å². The smallest absolute Gasteiger partial charge is 0.212 e. The molecule has 2 rings (SSSR count). The Morgan fingerprint density at radius 3 is 2.93 bits per heavy atom. The third kappa shape index (κ3) is 2.63. The zero-order valence-corrected chi connectivity index (χ0v) is 9.88. The second kappa shape index (κ2) is 4.86. The van der Waals surface area contributed by atoms with Gasteiger partial charge in [-0.25, -0.2) is 4.98 Å². The molecule has 0 aliphatic carbocycles. The van der Waals surface area contributed by atoms with Gasteiger partial charge in [-0.1, -0.05) is 6.92 Å². The molecule has 82 valence electrons. The molecule has 2 unspecified atom stereocenters. The van der Waals surface area contributed by atoms with Crippen molar-refractivity contribution in [2.24, 2.45) is 5.92 Å². The topological polar surface area (TPSA) is 34.1 Å². The summed E-state index contributed by atoms with van der Waals surface area (Å²) in [6.07, 6.45) is 1.89. The predicted molar refractivity (Wildman–Crippen MR) is 63.2 cm³/mol. The summed E-state index contributed by atoms with van der Waals surface area (Å²) in [6.45, 7) is 3.35. The lowest BCUT2D eigenvalue weighted by molar-refractivity contribution is 0.397. The molecule has 1 fully saturated rings. The van der Waals surface area contributed by atoms with E-state index >= 15 is 0 Å². The first-order chi connectivity index (χ1) is 7.29. The highest BCUT2D eigenvalue weighted by molar-refractivity contribution is 7.99. The number of nitrogens with one attached hydrogen (secondary N) is 1. The van der Waals surface area contributed by atoms with Crippen molar-refractivity contribution >= 4 is 11.8 Å². The van der Waals surface area contributed by atoms with E-state index in [1.165, 1.54) is 11.3 Å². The fourth-order valence-corrected chi connectivity index (χ4v) is 2.75. The zero-order chi connectivity index (χ0) is 10.7. The minimum absolute atomic E-state index is 0.389. The van der Waals surface area contributed by atoms with Gasteiger partial charge in [0.05, 0.1) is 12.5 Å². The van der Waals surface area contributed by atoms with Crippen LogP contribution in [-0.2, 0) is 0 Å². The van der Waals surface area contributed by atoms with E-state index in [-0.39, 0.29) is 0 Å². The summed E-state index contributed by atoms with van der Waals surface area (Å²) in [5.74, 6) is 2.65. The number of ether oxygens (including phenoxy) is 1. The van der Waals surface area contributed by atoms with Gasteiger partial charge in [-0.15, -0.1) is 11.8 Å². The molecule has 1 N–H and O–H groups in total. The highest BCUT2D eigenvalue weighted by Gasteiger charge is 2.19. The Balaban J connectivity index is 2.03. The number of thioether (sulfide) groups is 1. The summed E-state index contributed by atoms with van der Waals surface area (Å²) < 4.78 is 5.04. The van der Waals surface area contributed by atoms with Crippen LogP contribution in [0.3, 0.4) is 0 Å². The van der Waals surface area contributed by atoms with E-state index in [1.807, 2.05) is 24.0 Å². The van der Waals surface area contributed by atoms with E-state index in [0.717, 1.165) is 12.5 Å². The van der Waals surface area contributed by atoms with E-state index in [0.29, 0.717) is 11.3 Å².